The number of nitrogens with zero attached hydrogens (tertiary/aromatic N) is 3. The minimum absolute atomic E-state index is 0.127. The summed E-state index contributed by atoms with van der Waals surface area (Å²) in [4.78, 5) is 43.9. The number of fused-ring (bicyclic) bond motifs is 1. The number of nitrogens with two attached hydrogens (primary N) is 1. The van der Waals surface area contributed by atoms with E-state index in [1.54, 1.807) is 31.4 Å². The quantitative estimate of drug-likeness (QED) is 0.266. The molecule has 11 heteroatoms. The van der Waals surface area contributed by atoms with E-state index in [-0.39, 0.29) is 18.2 Å². The Morgan fingerprint density at radius 2 is 1.91 bits per heavy atom. The Labute approximate surface area is 254 Å². The molecule has 1 atom stereocenters. The molecule has 1 unspecified atom stereocenters. The number of halogens is 1. The van der Waals surface area contributed by atoms with Gasteiger partial charge < -0.3 is 20.8 Å². The van der Waals surface area contributed by atoms with Crippen molar-refractivity contribution in [3.8, 4) is 11.8 Å². The number of aryl methyl sites for hydroxylation is 1. The summed E-state index contributed by atoms with van der Waals surface area (Å²) in [7, 11) is 1.70. The first kappa shape index (κ1) is 30.0. The lowest BCUT2D eigenvalue weighted by Crippen LogP contribution is -2.35. The van der Waals surface area contributed by atoms with Crippen LogP contribution in [0.5, 0.6) is 0 Å². The zero-order valence-corrected chi connectivity index (χ0v) is 24.8. The van der Waals surface area contributed by atoms with Gasteiger partial charge in [0.05, 0.1) is 35.2 Å². The van der Waals surface area contributed by atoms with E-state index in [4.69, 9.17) is 22.1 Å². The topological polar surface area (TPSA) is 135 Å². The lowest BCUT2D eigenvalue weighted by Gasteiger charge is -2.26. The molecular formula is C32H33ClN6O4. The molecule has 43 heavy (non-hydrogen) atoms. The summed E-state index contributed by atoms with van der Waals surface area (Å²) in [5.41, 5.74) is 8.94. The largest absolute Gasteiger partial charge is 0.379 e. The van der Waals surface area contributed by atoms with Crippen molar-refractivity contribution in [2.24, 2.45) is 18.7 Å². The fraction of sp³-hybridized carbons (Fsp3) is 0.312. The van der Waals surface area contributed by atoms with E-state index in [1.165, 1.54) is 4.68 Å². The van der Waals surface area contributed by atoms with Crippen LogP contribution in [0.1, 0.15) is 50.2 Å². The molecule has 3 heterocycles. The number of rotatable bonds is 8. The summed E-state index contributed by atoms with van der Waals surface area (Å²) >= 11 is 5.96. The zero-order valence-electron chi connectivity index (χ0n) is 24.1. The highest BCUT2D eigenvalue weighted by Gasteiger charge is 2.20. The SMILES string of the molecule is CC(C#Cc1cc(CN2CCOCC2)cc2c(=O)c(C(=O)NCc3ccc(Cl)cc3)nn(C)c12)Cc1[nH]ccc1C(N)=O. The number of aromatic nitrogens is 3. The summed E-state index contributed by atoms with van der Waals surface area (Å²) in [5, 5.41) is 8.13. The molecule has 2 aromatic carbocycles. The minimum Gasteiger partial charge on any atom is -0.379 e. The van der Waals surface area contributed by atoms with Crippen molar-refractivity contribution in [3.63, 3.8) is 0 Å². The molecule has 0 radical (unpaired) electrons. The second-order valence-corrected chi connectivity index (χ2v) is 11.1. The van der Waals surface area contributed by atoms with Gasteiger partial charge in [0, 0.05) is 62.5 Å². The maximum atomic E-state index is 13.7. The van der Waals surface area contributed by atoms with Gasteiger partial charge in [-0.05, 0) is 41.5 Å². The van der Waals surface area contributed by atoms with Gasteiger partial charge in [0.15, 0.2) is 5.69 Å². The molecule has 222 valence electrons. The van der Waals surface area contributed by atoms with Crippen LogP contribution in [0.25, 0.3) is 10.9 Å². The average Bonchev–Trinajstić information content (AvgIpc) is 3.46. The van der Waals surface area contributed by atoms with Gasteiger partial charge in [-0.2, -0.15) is 5.10 Å². The number of hydrogen-bond donors (Lipinski definition) is 3. The maximum Gasteiger partial charge on any atom is 0.276 e. The highest BCUT2D eigenvalue weighted by Crippen LogP contribution is 2.21. The van der Waals surface area contributed by atoms with Crippen LogP contribution >= 0.6 is 11.6 Å². The first-order chi connectivity index (χ1) is 20.7. The molecule has 5 rings (SSSR count). The predicted molar refractivity (Wildman–Crippen MR) is 165 cm³/mol. The Morgan fingerprint density at radius 1 is 1.16 bits per heavy atom. The Kier molecular flexibility index (Phi) is 9.26. The average molecular weight is 601 g/mol. The molecule has 1 aliphatic rings. The van der Waals surface area contributed by atoms with Gasteiger partial charge in [0.2, 0.25) is 5.43 Å². The molecule has 1 fully saturated rings. The number of H-pyrrole nitrogens is 1. The van der Waals surface area contributed by atoms with Crippen LogP contribution in [0.2, 0.25) is 5.02 Å². The Morgan fingerprint density at radius 3 is 2.63 bits per heavy atom. The van der Waals surface area contributed by atoms with E-state index in [1.807, 2.05) is 31.2 Å². The van der Waals surface area contributed by atoms with Gasteiger partial charge in [-0.25, -0.2) is 0 Å². The summed E-state index contributed by atoms with van der Waals surface area (Å²) in [6.45, 7) is 5.64. The van der Waals surface area contributed by atoms with Crippen LogP contribution in [0, 0.1) is 17.8 Å². The predicted octanol–water partition coefficient (Wildman–Crippen LogP) is 3.01. The van der Waals surface area contributed by atoms with Crippen LogP contribution < -0.4 is 16.5 Å². The van der Waals surface area contributed by atoms with Gasteiger partial charge in [0.25, 0.3) is 11.8 Å². The van der Waals surface area contributed by atoms with Crippen molar-refractivity contribution >= 4 is 34.3 Å². The van der Waals surface area contributed by atoms with Crippen molar-refractivity contribution in [1.29, 1.82) is 0 Å². The van der Waals surface area contributed by atoms with E-state index in [2.05, 4.69) is 32.1 Å². The number of benzene rings is 2. The molecule has 4 aromatic rings. The van der Waals surface area contributed by atoms with E-state index in [9.17, 15) is 14.4 Å². The van der Waals surface area contributed by atoms with Crippen LogP contribution in [0.15, 0.2) is 53.5 Å². The number of carbonyl (C=O) groups is 2. The van der Waals surface area contributed by atoms with Gasteiger partial charge in [-0.15, -0.1) is 0 Å². The van der Waals surface area contributed by atoms with E-state index < -0.39 is 17.2 Å². The number of carbonyl (C=O) groups excluding carboxylic acids is 2. The number of hydrogen-bond acceptors (Lipinski definition) is 6. The molecule has 0 saturated carbocycles. The van der Waals surface area contributed by atoms with Crippen molar-refractivity contribution in [2.45, 2.75) is 26.4 Å². The molecule has 0 aliphatic carbocycles. The number of nitrogens with one attached hydrogen (secondary N) is 2. The fourth-order valence-corrected chi connectivity index (χ4v) is 5.30. The van der Waals surface area contributed by atoms with Crippen molar-refractivity contribution in [3.05, 3.63) is 97.5 Å². The monoisotopic (exact) mass is 600 g/mol. The van der Waals surface area contributed by atoms with Crippen LogP contribution in [0.3, 0.4) is 0 Å². The number of aromatic amines is 1. The van der Waals surface area contributed by atoms with Crippen molar-refractivity contribution in [1.82, 2.24) is 25.0 Å². The van der Waals surface area contributed by atoms with Crippen LogP contribution in [-0.4, -0.2) is 57.8 Å². The number of morpholine rings is 1. The summed E-state index contributed by atoms with van der Waals surface area (Å²) in [5.74, 6) is 5.34. The first-order valence-corrected chi connectivity index (χ1v) is 14.4. The Bertz CT molecular complexity index is 1780. The zero-order chi connectivity index (χ0) is 30.5. The van der Waals surface area contributed by atoms with E-state index in [0.29, 0.717) is 53.2 Å². The molecule has 0 bridgehead atoms. The summed E-state index contributed by atoms with van der Waals surface area (Å²) in [6.07, 6.45) is 2.18. The molecule has 0 spiro atoms. The summed E-state index contributed by atoms with van der Waals surface area (Å²) in [6, 6.07) is 12.6. The molecule has 10 nitrogen and oxygen atoms in total. The van der Waals surface area contributed by atoms with Gasteiger partial charge in [-0.1, -0.05) is 42.5 Å². The standard InChI is InChI=1S/C32H33ClN6O4/c1-20(15-27-25(31(34)41)9-10-35-27)3-6-23-16-22(19-39-11-13-43-14-12-39)17-26-29(23)38(2)37-28(30(26)40)32(42)36-18-21-4-7-24(33)8-5-21/h4-5,7-10,16-17,20,35H,11-15,18-19H2,1-2H3,(H2,34,41)(H,36,42). The normalized spacial score (nSPS) is 14.2. The lowest BCUT2D eigenvalue weighted by molar-refractivity contribution is 0.0342. The lowest BCUT2D eigenvalue weighted by atomic mass is 10.0. The molecule has 4 N–H and O–H groups in total. The first-order valence-electron chi connectivity index (χ1n) is 14.0. The fourth-order valence-electron chi connectivity index (χ4n) is 5.17. The second-order valence-electron chi connectivity index (χ2n) is 10.6. The third-order valence-corrected chi connectivity index (χ3v) is 7.61. The van der Waals surface area contributed by atoms with Crippen molar-refractivity contribution in [2.75, 3.05) is 26.3 Å². The molecule has 2 aromatic heterocycles. The molecule has 1 aliphatic heterocycles. The van der Waals surface area contributed by atoms with Gasteiger partial charge in [0.1, 0.15) is 0 Å². The third kappa shape index (κ3) is 7.14. The third-order valence-electron chi connectivity index (χ3n) is 7.36. The molecule has 2 amide bonds. The molecule has 1 saturated heterocycles. The molecular weight excluding hydrogens is 568 g/mol. The smallest absolute Gasteiger partial charge is 0.276 e. The van der Waals surface area contributed by atoms with Crippen LogP contribution in [0.4, 0.5) is 0 Å². The van der Waals surface area contributed by atoms with Gasteiger partial charge in [-0.3, -0.25) is 24.0 Å². The highest BCUT2D eigenvalue weighted by atomic mass is 35.5. The number of primary amides is 1. The maximum absolute atomic E-state index is 13.7. The Balaban J connectivity index is 1.49. The van der Waals surface area contributed by atoms with Gasteiger partial charge >= 0.3 is 0 Å². The number of amides is 2. The summed E-state index contributed by atoms with van der Waals surface area (Å²) < 4.78 is 7.03. The minimum atomic E-state index is -0.562. The highest BCUT2D eigenvalue weighted by molar-refractivity contribution is 6.30. The Hall–Kier alpha value is -4.43. The van der Waals surface area contributed by atoms with E-state index >= 15 is 0 Å². The number of ether oxygens (including phenoxy) is 1. The van der Waals surface area contributed by atoms with Crippen LogP contribution in [-0.2, 0) is 31.3 Å². The van der Waals surface area contributed by atoms with Crippen molar-refractivity contribution < 1.29 is 14.3 Å². The van der Waals surface area contributed by atoms with E-state index in [0.717, 1.165) is 29.9 Å². The second kappa shape index (κ2) is 13.3.